The lowest BCUT2D eigenvalue weighted by Crippen LogP contribution is -2.10. The second-order valence-corrected chi connectivity index (χ2v) is 16.0. The summed E-state index contributed by atoms with van der Waals surface area (Å²) in [4.78, 5) is 10.0. The van der Waals surface area contributed by atoms with Gasteiger partial charge in [-0.25, -0.2) is 9.97 Å². The van der Waals surface area contributed by atoms with E-state index in [4.69, 9.17) is 9.97 Å². The third-order valence-electron chi connectivity index (χ3n) is 9.94. The lowest BCUT2D eigenvalue weighted by atomic mass is 9.85. The third-order valence-corrected chi connectivity index (χ3v) is 9.94. The van der Waals surface area contributed by atoms with Crippen molar-refractivity contribution in [1.82, 2.24) is 14.5 Å². The minimum Gasteiger partial charge on any atom is -0.309 e. The van der Waals surface area contributed by atoms with E-state index in [-0.39, 0.29) is 10.8 Å². The highest BCUT2D eigenvalue weighted by Gasteiger charge is 2.21. The molecular formula is C53H55N3. The summed E-state index contributed by atoms with van der Waals surface area (Å²) in [6, 6.07) is 54.3. The molecule has 2 aromatic heterocycles. The van der Waals surface area contributed by atoms with Gasteiger partial charge in [-0.05, 0) is 88.5 Å². The molecule has 0 unspecified atom stereocenters. The van der Waals surface area contributed by atoms with E-state index in [1.54, 1.807) is 6.08 Å². The fraction of sp³-hybridized carbons (Fsp3) is 0.208. The molecule has 0 fully saturated rings. The van der Waals surface area contributed by atoms with Crippen LogP contribution in [-0.2, 0) is 10.8 Å². The Balaban J connectivity index is 0.00000102. The van der Waals surface area contributed by atoms with E-state index in [0.717, 1.165) is 50.7 Å². The SMILES string of the molecule is C=CC.CC.CC(C)(C)c1ccc2c(c1)c1cc(C(C)(C)C)ccc1n2-c1ccc(-c2cccc(-c3cc(-c4ccccc4)nc(-c4ccccc4)n3)c2)cc1. The highest BCUT2D eigenvalue weighted by atomic mass is 15.0. The first kappa shape index (κ1) is 39.6. The largest absolute Gasteiger partial charge is 0.309 e. The molecule has 282 valence electrons. The summed E-state index contributed by atoms with van der Waals surface area (Å²) >= 11 is 0. The van der Waals surface area contributed by atoms with Crippen LogP contribution < -0.4 is 0 Å². The number of rotatable bonds is 5. The van der Waals surface area contributed by atoms with Crippen LogP contribution in [0, 0.1) is 0 Å². The molecule has 0 aliphatic rings. The molecule has 0 radical (unpaired) electrons. The molecule has 0 saturated carbocycles. The zero-order valence-corrected chi connectivity index (χ0v) is 34.6. The van der Waals surface area contributed by atoms with Crippen LogP contribution in [0.3, 0.4) is 0 Å². The first-order valence-electron chi connectivity index (χ1n) is 19.8. The topological polar surface area (TPSA) is 30.7 Å². The molecule has 0 spiro atoms. The quantitative estimate of drug-likeness (QED) is 0.165. The van der Waals surface area contributed by atoms with Crippen molar-refractivity contribution < 1.29 is 0 Å². The van der Waals surface area contributed by atoms with Crippen LogP contribution in [0.25, 0.3) is 72.5 Å². The maximum atomic E-state index is 5.07. The lowest BCUT2D eigenvalue weighted by molar-refractivity contribution is 0.590. The van der Waals surface area contributed by atoms with Crippen molar-refractivity contribution in [3.05, 3.63) is 175 Å². The number of nitrogens with zero attached hydrogens (tertiary/aromatic N) is 3. The van der Waals surface area contributed by atoms with Gasteiger partial charge in [-0.3, -0.25) is 0 Å². The lowest BCUT2D eigenvalue weighted by Gasteiger charge is -2.19. The van der Waals surface area contributed by atoms with Gasteiger partial charge in [0.2, 0.25) is 0 Å². The first-order chi connectivity index (χ1) is 26.9. The number of fused-ring (bicyclic) bond motifs is 3. The van der Waals surface area contributed by atoms with Crippen molar-refractivity contribution >= 4 is 21.8 Å². The Morgan fingerprint density at radius 2 is 0.911 bits per heavy atom. The number of hydrogen-bond acceptors (Lipinski definition) is 2. The van der Waals surface area contributed by atoms with Gasteiger partial charge in [0, 0.05) is 33.2 Å². The van der Waals surface area contributed by atoms with Gasteiger partial charge >= 0.3 is 0 Å². The average molecular weight is 734 g/mol. The second-order valence-electron chi connectivity index (χ2n) is 16.0. The monoisotopic (exact) mass is 733 g/mol. The Morgan fingerprint density at radius 3 is 1.41 bits per heavy atom. The van der Waals surface area contributed by atoms with Gasteiger partial charge in [-0.15, -0.1) is 6.58 Å². The summed E-state index contributed by atoms with van der Waals surface area (Å²) < 4.78 is 2.42. The molecule has 0 saturated heterocycles. The fourth-order valence-electron chi connectivity index (χ4n) is 6.96. The van der Waals surface area contributed by atoms with Crippen molar-refractivity contribution in [3.63, 3.8) is 0 Å². The molecule has 0 aliphatic heterocycles. The summed E-state index contributed by atoms with van der Waals surface area (Å²) in [6.07, 6.45) is 1.75. The fourth-order valence-corrected chi connectivity index (χ4v) is 6.96. The Labute approximate surface area is 334 Å². The summed E-state index contributed by atoms with van der Waals surface area (Å²) in [5.41, 5.74) is 13.7. The van der Waals surface area contributed by atoms with Crippen LogP contribution in [0.2, 0.25) is 0 Å². The van der Waals surface area contributed by atoms with Crippen LogP contribution >= 0.6 is 0 Å². The smallest absolute Gasteiger partial charge is 0.160 e. The average Bonchev–Trinajstić information content (AvgIpc) is 3.55. The van der Waals surface area contributed by atoms with E-state index >= 15 is 0 Å². The number of aromatic nitrogens is 3. The molecule has 0 N–H and O–H groups in total. The predicted octanol–water partition coefficient (Wildman–Crippen LogP) is 15.1. The number of allylic oxidation sites excluding steroid dienone is 1. The molecule has 2 heterocycles. The van der Waals surface area contributed by atoms with Crippen molar-refractivity contribution in [2.45, 2.75) is 73.1 Å². The van der Waals surface area contributed by atoms with E-state index in [0.29, 0.717) is 0 Å². The number of benzene rings is 6. The highest BCUT2D eigenvalue weighted by molar-refractivity contribution is 6.10. The minimum atomic E-state index is 0.0679. The Bertz CT molecular complexity index is 2430. The van der Waals surface area contributed by atoms with E-state index in [1.807, 2.05) is 45.0 Å². The van der Waals surface area contributed by atoms with E-state index in [1.165, 1.54) is 32.9 Å². The van der Waals surface area contributed by atoms with E-state index in [9.17, 15) is 0 Å². The Kier molecular flexibility index (Phi) is 11.9. The maximum Gasteiger partial charge on any atom is 0.160 e. The molecule has 6 aromatic carbocycles. The molecule has 0 bridgehead atoms. The molecule has 3 nitrogen and oxygen atoms in total. The van der Waals surface area contributed by atoms with Crippen molar-refractivity contribution in [3.8, 4) is 50.7 Å². The molecule has 8 rings (SSSR count). The molecule has 56 heavy (non-hydrogen) atoms. The van der Waals surface area contributed by atoms with Gasteiger partial charge < -0.3 is 4.57 Å². The zero-order valence-electron chi connectivity index (χ0n) is 34.6. The van der Waals surface area contributed by atoms with E-state index < -0.39 is 0 Å². The molecule has 8 aromatic rings. The van der Waals surface area contributed by atoms with Crippen LogP contribution in [0.5, 0.6) is 0 Å². The van der Waals surface area contributed by atoms with Gasteiger partial charge in [0.05, 0.1) is 22.4 Å². The highest BCUT2D eigenvalue weighted by Crippen LogP contribution is 2.38. The van der Waals surface area contributed by atoms with Crippen molar-refractivity contribution in [2.75, 3.05) is 0 Å². The molecular weight excluding hydrogens is 679 g/mol. The summed E-state index contributed by atoms with van der Waals surface area (Å²) in [7, 11) is 0. The molecule has 0 atom stereocenters. The molecule has 0 aliphatic carbocycles. The van der Waals surface area contributed by atoms with Gasteiger partial charge in [0.15, 0.2) is 5.82 Å². The van der Waals surface area contributed by atoms with Crippen molar-refractivity contribution in [1.29, 1.82) is 0 Å². The molecule has 0 amide bonds. The third kappa shape index (κ3) is 8.43. The van der Waals surface area contributed by atoms with Crippen LogP contribution in [0.1, 0.15) is 73.4 Å². The second kappa shape index (κ2) is 16.8. The van der Waals surface area contributed by atoms with Gasteiger partial charge in [-0.2, -0.15) is 0 Å². The first-order valence-corrected chi connectivity index (χ1v) is 19.8. The summed E-state index contributed by atoms with van der Waals surface area (Å²) in [6.45, 7) is 23.0. The van der Waals surface area contributed by atoms with Crippen LogP contribution in [0.4, 0.5) is 0 Å². The van der Waals surface area contributed by atoms with Crippen molar-refractivity contribution in [2.24, 2.45) is 0 Å². The molecule has 3 heteroatoms. The summed E-state index contributed by atoms with van der Waals surface area (Å²) in [5, 5.41) is 2.60. The number of hydrogen-bond donors (Lipinski definition) is 0. The maximum absolute atomic E-state index is 5.07. The zero-order chi connectivity index (χ0) is 40.0. The standard InChI is InChI=1S/C48H43N3.C3H6.C2H6/c1-47(2,3)37-22-26-44-40(29-37)41-30-38(48(4,5)6)23-27-45(41)51(44)39-24-20-32(21-25-39)35-18-13-19-36(28-35)43-31-42(33-14-9-7-10-15-33)49-46(50-43)34-16-11-8-12-17-34;1-3-2;1-2/h7-31H,1-6H3;3H,1H2,2H3;1-2H3. The van der Waals surface area contributed by atoms with Gasteiger partial charge in [0.25, 0.3) is 0 Å². The normalized spacial score (nSPS) is 11.4. The van der Waals surface area contributed by atoms with E-state index in [2.05, 4.69) is 180 Å². The van der Waals surface area contributed by atoms with Gasteiger partial charge in [0.1, 0.15) is 0 Å². The summed E-state index contributed by atoms with van der Waals surface area (Å²) in [5.74, 6) is 0.720. The van der Waals surface area contributed by atoms with Crippen LogP contribution in [-0.4, -0.2) is 14.5 Å². The van der Waals surface area contributed by atoms with Gasteiger partial charge in [-0.1, -0.05) is 165 Å². The predicted molar refractivity (Wildman–Crippen MR) is 243 cm³/mol. The van der Waals surface area contributed by atoms with Crippen LogP contribution in [0.15, 0.2) is 164 Å². The minimum absolute atomic E-state index is 0.0679. The Morgan fingerprint density at radius 1 is 0.464 bits per heavy atom. The Hall–Kier alpha value is -6.06.